The molecule has 0 saturated heterocycles. The highest BCUT2D eigenvalue weighted by Gasteiger charge is 2.37. The van der Waals surface area contributed by atoms with Crippen LogP contribution in [0.4, 0.5) is 4.79 Å². The molecule has 0 spiro atoms. The van der Waals surface area contributed by atoms with Crippen molar-refractivity contribution in [1.29, 1.82) is 0 Å². The third-order valence-electron chi connectivity index (χ3n) is 5.65. The molecule has 190 valence electrons. The van der Waals surface area contributed by atoms with E-state index in [9.17, 15) is 14.4 Å². The van der Waals surface area contributed by atoms with Gasteiger partial charge >= 0.3 is 6.09 Å². The van der Waals surface area contributed by atoms with Gasteiger partial charge in [0, 0.05) is 12.6 Å². The van der Waals surface area contributed by atoms with E-state index in [4.69, 9.17) is 4.74 Å². The number of nitrogens with zero attached hydrogens (tertiary/aromatic N) is 1. The minimum Gasteiger partial charge on any atom is -0.444 e. The number of benzene rings is 2. The van der Waals surface area contributed by atoms with E-state index in [1.54, 1.807) is 32.6 Å². The van der Waals surface area contributed by atoms with Crippen LogP contribution in [0.5, 0.6) is 0 Å². The predicted octanol–water partition coefficient (Wildman–Crippen LogP) is 4.89. The lowest BCUT2D eigenvalue weighted by atomic mass is 9.99. The van der Waals surface area contributed by atoms with Crippen molar-refractivity contribution in [1.82, 2.24) is 15.5 Å². The largest absolute Gasteiger partial charge is 0.444 e. The Morgan fingerprint density at radius 2 is 1.57 bits per heavy atom. The number of hydrogen-bond acceptors (Lipinski definition) is 4. The van der Waals surface area contributed by atoms with E-state index >= 15 is 0 Å². The number of aryl methyl sites for hydroxylation is 1. The average molecular weight is 482 g/mol. The average Bonchev–Trinajstić information content (AvgIpc) is 2.80. The molecule has 0 aliphatic carbocycles. The molecule has 0 aliphatic rings. The third-order valence-corrected chi connectivity index (χ3v) is 5.65. The van der Waals surface area contributed by atoms with Gasteiger partial charge in [0.1, 0.15) is 17.7 Å². The molecule has 7 nitrogen and oxygen atoms in total. The zero-order valence-corrected chi connectivity index (χ0v) is 21.9. The van der Waals surface area contributed by atoms with Gasteiger partial charge < -0.3 is 20.3 Å². The molecular formula is C28H39N3O4. The van der Waals surface area contributed by atoms with Crippen LogP contribution < -0.4 is 10.6 Å². The van der Waals surface area contributed by atoms with Crippen LogP contribution in [0.2, 0.25) is 0 Å². The number of carbonyl (C=O) groups excluding carboxylic acids is 3. The van der Waals surface area contributed by atoms with Gasteiger partial charge in [0.25, 0.3) is 0 Å². The van der Waals surface area contributed by atoms with E-state index < -0.39 is 23.8 Å². The molecule has 0 bridgehead atoms. The number of hydrogen-bond donors (Lipinski definition) is 2. The van der Waals surface area contributed by atoms with Crippen molar-refractivity contribution in [3.63, 3.8) is 0 Å². The first-order chi connectivity index (χ1) is 16.4. The first-order valence-electron chi connectivity index (χ1n) is 12.1. The van der Waals surface area contributed by atoms with Gasteiger partial charge in [-0.15, -0.1) is 0 Å². The Hall–Kier alpha value is -3.35. The van der Waals surface area contributed by atoms with Crippen LogP contribution in [-0.2, 0) is 20.9 Å². The summed E-state index contributed by atoms with van der Waals surface area (Å²) in [5.74, 6) is -0.638. The molecule has 0 radical (unpaired) electrons. The smallest absolute Gasteiger partial charge is 0.408 e. The maximum absolute atomic E-state index is 13.7. The number of amides is 3. The van der Waals surface area contributed by atoms with Crippen LogP contribution in [0, 0.1) is 6.92 Å². The van der Waals surface area contributed by atoms with Crippen LogP contribution in [0.1, 0.15) is 70.7 Å². The van der Waals surface area contributed by atoms with Gasteiger partial charge in [0.2, 0.25) is 11.8 Å². The maximum Gasteiger partial charge on any atom is 0.408 e. The molecule has 0 aliphatic heterocycles. The molecule has 0 saturated carbocycles. The lowest BCUT2D eigenvalue weighted by molar-refractivity contribution is -0.144. The quantitative estimate of drug-likeness (QED) is 0.534. The lowest BCUT2D eigenvalue weighted by Crippen LogP contribution is -2.54. The summed E-state index contributed by atoms with van der Waals surface area (Å²) in [7, 11) is 0. The highest BCUT2D eigenvalue weighted by atomic mass is 16.6. The summed E-state index contributed by atoms with van der Waals surface area (Å²) in [6.45, 7) is 13.1. The summed E-state index contributed by atoms with van der Waals surface area (Å²) in [5.41, 5.74) is 2.04. The fraction of sp³-hybridized carbons (Fsp3) is 0.464. The molecule has 2 N–H and O–H groups in total. The van der Waals surface area contributed by atoms with Gasteiger partial charge in [-0.3, -0.25) is 9.59 Å². The van der Waals surface area contributed by atoms with Crippen LogP contribution in [0.15, 0.2) is 54.6 Å². The highest BCUT2D eigenvalue weighted by molar-refractivity contribution is 5.92. The Morgan fingerprint density at radius 1 is 0.971 bits per heavy atom. The first kappa shape index (κ1) is 27.9. The molecule has 2 aromatic rings. The Balaban J connectivity index is 2.36. The number of carbonyl (C=O) groups is 3. The summed E-state index contributed by atoms with van der Waals surface area (Å²) in [4.78, 5) is 41.2. The van der Waals surface area contributed by atoms with Crippen molar-refractivity contribution in [3.8, 4) is 0 Å². The van der Waals surface area contributed by atoms with Gasteiger partial charge in [-0.2, -0.15) is 0 Å². The molecule has 7 heteroatoms. The van der Waals surface area contributed by atoms with Gasteiger partial charge in [-0.25, -0.2) is 4.79 Å². The minimum absolute atomic E-state index is 0.251. The van der Waals surface area contributed by atoms with Gasteiger partial charge in [-0.1, -0.05) is 67.1 Å². The normalized spacial score (nSPS) is 13.8. The molecular weight excluding hydrogens is 442 g/mol. The fourth-order valence-electron chi connectivity index (χ4n) is 3.63. The Morgan fingerprint density at radius 3 is 2.11 bits per heavy atom. The number of ether oxygens (including phenoxy) is 1. The van der Waals surface area contributed by atoms with E-state index in [-0.39, 0.29) is 17.9 Å². The molecule has 2 aromatic carbocycles. The van der Waals surface area contributed by atoms with Gasteiger partial charge in [0.05, 0.1) is 0 Å². The SMILES string of the molecule is CCC(C)N(C(=O)C(C)NC(=O)OC(C)(C)C)C(C(=O)NCc1ccccc1)c1ccc(C)cc1. The molecule has 2 rings (SSSR count). The summed E-state index contributed by atoms with van der Waals surface area (Å²) < 4.78 is 5.32. The van der Waals surface area contributed by atoms with E-state index in [2.05, 4.69) is 10.6 Å². The topological polar surface area (TPSA) is 87.7 Å². The molecule has 35 heavy (non-hydrogen) atoms. The highest BCUT2D eigenvalue weighted by Crippen LogP contribution is 2.26. The maximum atomic E-state index is 13.7. The minimum atomic E-state index is -0.881. The summed E-state index contributed by atoms with van der Waals surface area (Å²) in [5, 5.41) is 5.62. The second kappa shape index (κ2) is 12.4. The van der Waals surface area contributed by atoms with Crippen molar-refractivity contribution >= 4 is 17.9 Å². The molecule has 0 aromatic heterocycles. The Labute approximate surface area is 209 Å². The van der Waals surface area contributed by atoms with Crippen molar-refractivity contribution in [2.24, 2.45) is 0 Å². The van der Waals surface area contributed by atoms with Gasteiger partial charge in [-0.05, 0) is 59.1 Å². The number of rotatable bonds is 9. The summed E-state index contributed by atoms with van der Waals surface area (Å²) >= 11 is 0. The van der Waals surface area contributed by atoms with Crippen LogP contribution in [0.25, 0.3) is 0 Å². The van der Waals surface area contributed by atoms with Crippen LogP contribution in [0.3, 0.4) is 0 Å². The first-order valence-corrected chi connectivity index (χ1v) is 12.1. The Bertz CT molecular complexity index is 984. The second-order valence-corrected chi connectivity index (χ2v) is 9.89. The molecule has 3 amide bonds. The fourth-order valence-corrected chi connectivity index (χ4v) is 3.63. The summed E-state index contributed by atoms with van der Waals surface area (Å²) in [6.07, 6.45) is -0.0398. The molecule has 0 heterocycles. The van der Waals surface area contributed by atoms with Crippen LogP contribution >= 0.6 is 0 Å². The van der Waals surface area contributed by atoms with Crippen molar-refractivity contribution < 1.29 is 19.1 Å². The second-order valence-electron chi connectivity index (χ2n) is 9.89. The van der Waals surface area contributed by atoms with Crippen LogP contribution in [-0.4, -0.2) is 40.5 Å². The van der Waals surface area contributed by atoms with E-state index in [1.807, 2.05) is 75.4 Å². The van der Waals surface area contributed by atoms with Crippen molar-refractivity contribution in [3.05, 3.63) is 71.3 Å². The predicted molar refractivity (Wildman–Crippen MR) is 138 cm³/mol. The zero-order chi connectivity index (χ0) is 26.2. The van der Waals surface area contributed by atoms with Crippen molar-refractivity contribution in [2.75, 3.05) is 0 Å². The standard InChI is InChI=1S/C28H39N3O4/c1-8-20(3)31(26(33)21(4)30-27(34)35-28(5,6)7)24(23-16-14-19(2)15-17-23)25(32)29-18-22-12-10-9-11-13-22/h9-17,20-21,24H,8,18H2,1-7H3,(H,29,32)(H,30,34). The molecule has 0 fully saturated rings. The van der Waals surface area contributed by atoms with E-state index in [1.165, 1.54) is 0 Å². The third kappa shape index (κ3) is 8.42. The van der Waals surface area contributed by atoms with Gasteiger partial charge in [0.15, 0.2) is 0 Å². The Kier molecular flexibility index (Phi) is 9.87. The summed E-state index contributed by atoms with van der Waals surface area (Å²) in [6, 6.07) is 15.2. The number of alkyl carbamates (subject to hydrolysis) is 1. The van der Waals surface area contributed by atoms with E-state index in [0.717, 1.165) is 11.1 Å². The monoisotopic (exact) mass is 481 g/mol. The number of nitrogens with one attached hydrogen (secondary N) is 2. The zero-order valence-electron chi connectivity index (χ0n) is 21.9. The molecule has 3 unspecified atom stereocenters. The van der Waals surface area contributed by atoms with E-state index in [0.29, 0.717) is 18.5 Å². The lowest BCUT2D eigenvalue weighted by Gasteiger charge is -2.37. The van der Waals surface area contributed by atoms with Crippen molar-refractivity contribution in [2.45, 2.75) is 85.2 Å². The molecule has 3 atom stereocenters.